The van der Waals surface area contributed by atoms with Crippen LogP contribution in [0.2, 0.25) is 0 Å². The van der Waals surface area contributed by atoms with E-state index in [2.05, 4.69) is 6.07 Å². The van der Waals surface area contributed by atoms with Crippen LogP contribution in [-0.4, -0.2) is 19.8 Å². The molecule has 0 fully saturated rings. The molecule has 1 heterocycles. The van der Waals surface area contributed by atoms with Crippen molar-refractivity contribution in [3.05, 3.63) is 29.8 Å². The van der Waals surface area contributed by atoms with Gasteiger partial charge >= 0.3 is 0 Å². The van der Waals surface area contributed by atoms with Crippen molar-refractivity contribution in [3.8, 4) is 5.75 Å². The number of benzene rings is 1. The van der Waals surface area contributed by atoms with E-state index in [1.165, 1.54) is 5.56 Å². The molecule has 0 bridgehead atoms. The second-order valence-electron chi connectivity index (χ2n) is 3.01. The fourth-order valence-corrected chi connectivity index (χ4v) is 1.53. The highest BCUT2D eigenvalue weighted by Gasteiger charge is 2.21. The first-order valence-corrected chi connectivity index (χ1v) is 4.13. The van der Waals surface area contributed by atoms with Crippen LogP contribution in [0.15, 0.2) is 24.3 Å². The zero-order valence-electron chi connectivity index (χ0n) is 7.12. The second-order valence-corrected chi connectivity index (χ2v) is 3.01. The summed E-state index contributed by atoms with van der Waals surface area (Å²) >= 11 is 0. The van der Waals surface area contributed by atoms with Crippen molar-refractivity contribution in [3.63, 3.8) is 0 Å². The molecular formula is C11H16O2. The molecule has 13 heavy (non-hydrogen) atoms. The average Bonchev–Trinajstić information content (AvgIpc) is 2.47. The number of para-hydroxylation sites is 1. The molecule has 72 valence electrons. The third kappa shape index (κ3) is 2.01. The highest BCUT2D eigenvalue weighted by Crippen LogP contribution is 2.27. The molecule has 0 N–H and O–H groups in total. The van der Waals surface area contributed by atoms with E-state index in [4.69, 9.17) is 9.47 Å². The Morgan fingerprint density at radius 2 is 2.23 bits per heavy atom. The third-order valence-corrected chi connectivity index (χ3v) is 2.07. The van der Waals surface area contributed by atoms with Crippen molar-refractivity contribution < 1.29 is 9.47 Å². The SMILES string of the molecule is C.COC[C@H]1Cc2ccccc2O1. The van der Waals surface area contributed by atoms with E-state index < -0.39 is 0 Å². The summed E-state index contributed by atoms with van der Waals surface area (Å²) < 4.78 is 10.7. The van der Waals surface area contributed by atoms with Gasteiger partial charge in [-0.15, -0.1) is 0 Å². The molecule has 2 rings (SSSR count). The van der Waals surface area contributed by atoms with Crippen molar-refractivity contribution in [2.45, 2.75) is 20.0 Å². The Balaban J connectivity index is 0.000000845. The van der Waals surface area contributed by atoms with E-state index in [0.29, 0.717) is 6.61 Å². The van der Waals surface area contributed by atoms with Crippen LogP contribution in [0.25, 0.3) is 0 Å². The lowest BCUT2D eigenvalue weighted by atomic mass is 10.1. The maximum Gasteiger partial charge on any atom is 0.126 e. The molecule has 1 atom stereocenters. The van der Waals surface area contributed by atoms with E-state index in [1.54, 1.807) is 7.11 Å². The zero-order chi connectivity index (χ0) is 8.39. The van der Waals surface area contributed by atoms with Crippen molar-refractivity contribution in [2.75, 3.05) is 13.7 Å². The molecule has 1 aromatic carbocycles. The Bertz CT molecular complexity index is 246. The molecule has 2 nitrogen and oxygen atoms in total. The number of hydrogen-bond donors (Lipinski definition) is 0. The predicted octanol–water partition coefficient (Wildman–Crippen LogP) is 2.27. The second kappa shape index (κ2) is 4.28. The number of hydrogen-bond acceptors (Lipinski definition) is 2. The molecule has 0 radical (unpaired) electrons. The highest BCUT2D eigenvalue weighted by molar-refractivity contribution is 5.37. The quantitative estimate of drug-likeness (QED) is 0.695. The van der Waals surface area contributed by atoms with Gasteiger partial charge < -0.3 is 9.47 Å². The van der Waals surface area contributed by atoms with Crippen LogP contribution in [-0.2, 0) is 11.2 Å². The first-order chi connectivity index (χ1) is 5.90. The van der Waals surface area contributed by atoms with Crippen LogP contribution in [0.1, 0.15) is 13.0 Å². The van der Waals surface area contributed by atoms with Gasteiger partial charge in [0, 0.05) is 13.5 Å². The Labute approximate surface area is 79.5 Å². The Kier molecular flexibility index (Phi) is 3.32. The first-order valence-electron chi connectivity index (χ1n) is 4.13. The largest absolute Gasteiger partial charge is 0.487 e. The molecule has 0 aliphatic carbocycles. The van der Waals surface area contributed by atoms with Crippen molar-refractivity contribution in [1.82, 2.24) is 0 Å². The molecule has 2 heteroatoms. The smallest absolute Gasteiger partial charge is 0.126 e. The van der Waals surface area contributed by atoms with E-state index in [9.17, 15) is 0 Å². The summed E-state index contributed by atoms with van der Waals surface area (Å²) in [6, 6.07) is 8.14. The molecule has 1 aliphatic heterocycles. The lowest BCUT2D eigenvalue weighted by Crippen LogP contribution is -2.19. The standard InChI is InChI=1S/C10H12O2.CH4/c1-11-7-9-6-8-4-2-3-5-10(8)12-9;/h2-5,9H,6-7H2,1H3;1H4/t9-;/m1./s1. The van der Waals surface area contributed by atoms with Gasteiger partial charge in [-0.2, -0.15) is 0 Å². The monoisotopic (exact) mass is 180 g/mol. The van der Waals surface area contributed by atoms with Crippen LogP contribution >= 0.6 is 0 Å². The lowest BCUT2D eigenvalue weighted by Gasteiger charge is -2.07. The molecule has 0 saturated heterocycles. The molecule has 0 saturated carbocycles. The van der Waals surface area contributed by atoms with Gasteiger partial charge in [-0.05, 0) is 11.6 Å². The lowest BCUT2D eigenvalue weighted by molar-refractivity contribution is 0.0951. The predicted molar refractivity (Wildman–Crippen MR) is 53.2 cm³/mol. The Morgan fingerprint density at radius 3 is 2.92 bits per heavy atom. The molecular weight excluding hydrogens is 164 g/mol. The maximum atomic E-state index is 5.62. The summed E-state index contributed by atoms with van der Waals surface area (Å²) in [5.41, 5.74) is 1.29. The summed E-state index contributed by atoms with van der Waals surface area (Å²) in [5, 5.41) is 0. The van der Waals surface area contributed by atoms with E-state index in [-0.39, 0.29) is 13.5 Å². The maximum absolute atomic E-state index is 5.62. The van der Waals surface area contributed by atoms with Crippen LogP contribution < -0.4 is 4.74 Å². The van der Waals surface area contributed by atoms with Crippen LogP contribution in [0, 0.1) is 0 Å². The minimum Gasteiger partial charge on any atom is -0.487 e. The first kappa shape index (κ1) is 10.1. The van der Waals surface area contributed by atoms with Gasteiger partial charge in [0.05, 0.1) is 6.61 Å². The van der Waals surface area contributed by atoms with E-state index in [1.807, 2.05) is 18.2 Å². The van der Waals surface area contributed by atoms with Gasteiger partial charge in [-0.1, -0.05) is 25.6 Å². The minimum absolute atomic E-state index is 0. The number of fused-ring (bicyclic) bond motifs is 1. The van der Waals surface area contributed by atoms with E-state index >= 15 is 0 Å². The molecule has 1 aliphatic rings. The van der Waals surface area contributed by atoms with E-state index in [0.717, 1.165) is 12.2 Å². The summed E-state index contributed by atoms with van der Waals surface area (Å²) in [6.45, 7) is 0.675. The number of methoxy groups -OCH3 is 1. The van der Waals surface area contributed by atoms with Gasteiger partial charge in [0.2, 0.25) is 0 Å². The molecule has 1 aromatic rings. The topological polar surface area (TPSA) is 18.5 Å². The van der Waals surface area contributed by atoms with Gasteiger partial charge in [0.25, 0.3) is 0 Å². The van der Waals surface area contributed by atoms with Crippen molar-refractivity contribution in [1.29, 1.82) is 0 Å². The van der Waals surface area contributed by atoms with Crippen molar-refractivity contribution in [2.24, 2.45) is 0 Å². The normalized spacial score (nSPS) is 18.7. The molecule has 0 unspecified atom stereocenters. The average molecular weight is 180 g/mol. The molecule has 0 aromatic heterocycles. The van der Waals surface area contributed by atoms with Gasteiger partial charge in [-0.3, -0.25) is 0 Å². The summed E-state index contributed by atoms with van der Waals surface area (Å²) in [4.78, 5) is 0. The summed E-state index contributed by atoms with van der Waals surface area (Å²) in [6.07, 6.45) is 1.19. The number of rotatable bonds is 2. The van der Waals surface area contributed by atoms with Crippen molar-refractivity contribution >= 4 is 0 Å². The van der Waals surface area contributed by atoms with Crippen LogP contribution in [0.3, 0.4) is 0 Å². The third-order valence-electron chi connectivity index (χ3n) is 2.07. The van der Waals surface area contributed by atoms with Gasteiger partial charge in [-0.25, -0.2) is 0 Å². The fraction of sp³-hybridized carbons (Fsp3) is 0.455. The van der Waals surface area contributed by atoms with Gasteiger partial charge in [0.1, 0.15) is 11.9 Å². The summed E-state index contributed by atoms with van der Waals surface area (Å²) in [5.74, 6) is 1.01. The highest BCUT2D eigenvalue weighted by atomic mass is 16.5. The molecule has 0 spiro atoms. The van der Waals surface area contributed by atoms with Gasteiger partial charge in [0.15, 0.2) is 0 Å². The van der Waals surface area contributed by atoms with Crippen LogP contribution in [0.5, 0.6) is 5.75 Å². The Hall–Kier alpha value is -1.02. The number of ether oxygens (including phenoxy) is 2. The zero-order valence-corrected chi connectivity index (χ0v) is 7.12. The minimum atomic E-state index is 0. The fourth-order valence-electron chi connectivity index (χ4n) is 1.53. The van der Waals surface area contributed by atoms with Crippen LogP contribution in [0.4, 0.5) is 0 Å². The molecule has 0 amide bonds. The Morgan fingerprint density at radius 1 is 1.46 bits per heavy atom. The summed E-state index contributed by atoms with van der Waals surface area (Å²) in [7, 11) is 1.70.